The minimum Gasteiger partial charge on any atom is -0.467 e. The van der Waals surface area contributed by atoms with E-state index in [1.54, 1.807) is 42.7 Å². The van der Waals surface area contributed by atoms with Gasteiger partial charge < -0.3 is 20.0 Å². The van der Waals surface area contributed by atoms with Crippen LogP contribution in [0.15, 0.2) is 71.3 Å². The Hall–Kier alpha value is -3.25. The average Bonchev–Trinajstić information content (AvgIpc) is 3.33. The van der Waals surface area contributed by atoms with Gasteiger partial charge in [0, 0.05) is 35.3 Å². The summed E-state index contributed by atoms with van der Waals surface area (Å²) < 4.78 is 5.26. The Kier molecular flexibility index (Phi) is 6.57. The van der Waals surface area contributed by atoms with E-state index >= 15 is 0 Å². The first-order valence-electron chi connectivity index (χ1n) is 10.3. The van der Waals surface area contributed by atoms with Crippen LogP contribution in [0.3, 0.4) is 0 Å². The molecule has 3 amide bonds. The maximum Gasteiger partial charge on any atom is 0.321 e. The van der Waals surface area contributed by atoms with Crippen LogP contribution < -0.4 is 10.6 Å². The molecule has 2 aromatic carbocycles. The maximum absolute atomic E-state index is 12.7. The van der Waals surface area contributed by atoms with E-state index in [2.05, 4.69) is 10.6 Å². The van der Waals surface area contributed by atoms with Crippen LogP contribution in [0.2, 0.25) is 5.02 Å². The minimum atomic E-state index is -0.147. The summed E-state index contributed by atoms with van der Waals surface area (Å²) in [4.78, 5) is 27.1. The number of nitrogens with one attached hydrogen (secondary N) is 2. The highest BCUT2D eigenvalue weighted by atomic mass is 35.5. The third-order valence-corrected chi connectivity index (χ3v) is 5.68. The SMILES string of the molecule is O=C(NCc1ccco1)c1cccc(C2CCCN(C(=O)Nc3ccc(Cl)cc3)C2)c1. The zero-order chi connectivity index (χ0) is 21.6. The number of halogens is 1. The van der Waals surface area contributed by atoms with Gasteiger partial charge in [0.15, 0.2) is 0 Å². The van der Waals surface area contributed by atoms with Gasteiger partial charge in [-0.1, -0.05) is 23.7 Å². The standard InChI is InChI=1S/C24H24ClN3O3/c25-20-8-10-21(11-9-20)27-24(30)28-12-2-6-19(16-28)17-4-1-5-18(14-17)23(29)26-15-22-7-3-13-31-22/h1,3-5,7-11,13-14,19H,2,6,12,15-16H2,(H,26,29)(H,27,30). The molecule has 4 rings (SSSR count). The molecule has 7 heteroatoms. The Morgan fingerprint density at radius 2 is 1.94 bits per heavy atom. The van der Waals surface area contributed by atoms with Crippen molar-refractivity contribution in [3.8, 4) is 0 Å². The van der Waals surface area contributed by atoms with Crippen molar-refractivity contribution in [1.29, 1.82) is 0 Å². The van der Waals surface area contributed by atoms with E-state index in [0.717, 1.165) is 18.4 Å². The molecule has 1 unspecified atom stereocenters. The van der Waals surface area contributed by atoms with Gasteiger partial charge in [-0.25, -0.2) is 4.79 Å². The van der Waals surface area contributed by atoms with E-state index in [9.17, 15) is 9.59 Å². The molecule has 2 N–H and O–H groups in total. The van der Waals surface area contributed by atoms with Crippen molar-refractivity contribution in [1.82, 2.24) is 10.2 Å². The lowest BCUT2D eigenvalue weighted by Gasteiger charge is -2.33. The molecular weight excluding hydrogens is 414 g/mol. The summed E-state index contributed by atoms with van der Waals surface area (Å²) in [6, 6.07) is 18.2. The number of nitrogens with zero attached hydrogens (tertiary/aromatic N) is 1. The second kappa shape index (κ2) is 9.71. The zero-order valence-electron chi connectivity index (χ0n) is 17.0. The highest BCUT2D eigenvalue weighted by Crippen LogP contribution is 2.28. The Balaban J connectivity index is 1.38. The number of likely N-dealkylation sites (tertiary alicyclic amines) is 1. The number of hydrogen-bond acceptors (Lipinski definition) is 3. The number of carbonyl (C=O) groups is 2. The number of hydrogen-bond donors (Lipinski definition) is 2. The highest BCUT2D eigenvalue weighted by Gasteiger charge is 2.25. The Bertz CT molecular complexity index is 1030. The summed E-state index contributed by atoms with van der Waals surface area (Å²) in [7, 11) is 0. The van der Waals surface area contributed by atoms with E-state index in [1.807, 2.05) is 29.2 Å². The predicted molar refractivity (Wildman–Crippen MR) is 120 cm³/mol. The maximum atomic E-state index is 12.7. The molecule has 6 nitrogen and oxygen atoms in total. The number of benzene rings is 2. The van der Waals surface area contributed by atoms with Crippen LogP contribution in [-0.4, -0.2) is 29.9 Å². The van der Waals surface area contributed by atoms with Crippen LogP contribution in [0.5, 0.6) is 0 Å². The summed E-state index contributed by atoms with van der Waals surface area (Å²) in [5, 5.41) is 6.43. The Morgan fingerprint density at radius 3 is 2.71 bits per heavy atom. The Morgan fingerprint density at radius 1 is 1.10 bits per heavy atom. The molecular formula is C24H24ClN3O3. The largest absolute Gasteiger partial charge is 0.467 e. The fraction of sp³-hybridized carbons (Fsp3) is 0.250. The van der Waals surface area contributed by atoms with E-state index in [1.165, 1.54) is 0 Å². The molecule has 1 atom stereocenters. The van der Waals surface area contributed by atoms with E-state index in [-0.39, 0.29) is 17.9 Å². The van der Waals surface area contributed by atoms with Gasteiger partial charge in [0.2, 0.25) is 0 Å². The molecule has 1 aromatic heterocycles. The van der Waals surface area contributed by atoms with Gasteiger partial charge in [0.05, 0.1) is 12.8 Å². The third kappa shape index (κ3) is 5.47. The van der Waals surface area contributed by atoms with E-state index in [0.29, 0.717) is 41.7 Å². The monoisotopic (exact) mass is 437 g/mol. The van der Waals surface area contributed by atoms with Gasteiger partial charge in [-0.05, 0) is 66.9 Å². The lowest BCUT2D eigenvalue weighted by atomic mass is 9.89. The molecule has 0 spiro atoms. The van der Waals surface area contributed by atoms with Crippen LogP contribution in [0.1, 0.15) is 40.4 Å². The first-order valence-corrected chi connectivity index (χ1v) is 10.7. The molecule has 0 bridgehead atoms. The lowest BCUT2D eigenvalue weighted by Crippen LogP contribution is -2.41. The predicted octanol–water partition coefficient (Wildman–Crippen LogP) is 5.27. The first-order chi connectivity index (χ1) is 15.1. The quantitative estimate of drug-likeness (QED) is 0.570. The van der Waals surface area contributed by atoms with Gasteiger partial charge in [-0.3, -0.25) is 4.79 Å². The van der Waals surface area contributed by atoms with Gasteiger partial charge in [0.25, 0.3) is 5.91 Å². The molecule has 1 aliphatic heterocycles. The Labute approximate surface area is 186 Å². The highest BCUT2D eigenvalue weighted by molar-refractivity contribution is 6.30. The van der Waals surface area contributed by atoms with Gasteiger partial charge in [0.1, 0.15) is 5.76 Å². The van der Waals surface area contributed by atoms with Crippen molar-refractivity contribution in [3.05, 3.63) is 88.8 Å². The molecule has 1 aliphatic rings. The second-order valence-corrected chi connectivity index (χ2v) is 8.05. The summed E-state index contributed by atoms with van der Waals surface area (Å²) >= 11 is 5.91. The summed E-state index contributed by atoms with van der Waals surface area (Å²) in [6.07, 6.45) is 3.47. The molecule has 1 fully saturated rings. The summed E-state index contributed by atoms with van der Waals surface area (Å²) in [5.41, 5.74) is 2.38. The molecule has 2 heterocycles. The minimum absolute atomic E-state index is 0.126. The molecule has 31 heavy (non-hydrogen) atoms. The third-order valence-electron chi connectivity index (χ3n) is 5.43. The topological polar surface area (TPSA) is 74.6 Å². The van der Waals surface area contributed by atoms with Crippen LogP contribution in [0, 0.1) is 0 Å². The first kappa shape index (κ1) is 21.0. The number of urea groups is 1. The van der Waals surface area contributed by atoms with Crippen molar-refractivity contribution in [2.24, 2.45) is 0 Å². The molecule has 0 aliphatic carbocycles. The van der Waals surface area contributed by atoms with Crippen LogP contribution >= 0.6 is 11.6 Å². The normalized spacial score (nSPS) is 16.0. The van der Waals surface area contributed by atoms with Crippen molar-refractivity contribution in [2.45, 2.75) is 25.3 Å². The van der Waals surface area contributed by atoms with Crippen molar-refractivity contribution < 1.29 is 14.0 Å². The van der Waals surface area contributed by atoms with Gasteiger partial charge in [-0.15, -0.1) is 0 Å². The number of amides is 3. The molecule has 0 saturated carbocycles. The zero-order valence-corrected chi connectivity index (χ0v) is 17.8. The second-order valence-electron chi connectivity index (χ2n) is 7.61. The number of anilines is 1. The molecule has 3 aromatic rings. The fourth-order valence-electron chi connectivity index (χ4n) is 3.79. The summed E-state index contributed by atoms with van der Waals surface area (Å²) in [6.45, 7) is 1.66. The van der Waals surface area contributed by atoms with E-state index < -0.39 is 0 Å². The number of carbonyl (C=O) groups excluding carboxylic acids is 2. The number of furan rings is 1. The van der Waals surface area contributed by atoms with Crippen LogP contribution in [0.25, 0.3) is 0 Å². The average molecular weight is 438 g/mol. The molecule has 1 saturated heterocycles. The van der Waals surface area contributed by atoms with Gasteiger partial charge >= 0.3 is 6.03 Å². The fourth-order valence-corrected chi connectivity index (χ4v) is 3.91. The van der Waals surface area contributed by atoms with E-state index in [4.69, 9.17) is 16.0 Å². The summed E-state index contributed by atoms with van der Waals surface area (Å²) in [5.74, 6) is 0.744. The van der Waals surface area contributed by atoms with Crippen LogP contribution in [0.4, 0.5) is 10.5 Å². The van der Waals surface area contributed by atoms with Crippen molar-refractivity contribution >= 4 is 29.2 Å². The van der Waals surface area contributed by atoms with Crippen molar-refractivity contribution in [2.75, 3.05) is 18.4 Å². The lowest BCUT2D eigenvalue weighted by molar-refractivity contribution is 0.0947. The van der Waals surface area contributed by atoms with Crippen molar-refractivity contribution in [3.63, 3.8) is 0 Å². The molecule has 0 radical (unpaired) electrons. The molecule has 160 valence electrons. The number of rotatable bonds is 5. The smallest absolute Gasteiger partial charge is 0.321 e. The van der Waals surface area contributed by atoms with Gasteiger partial charge in [-0.2, -0.15) is 0 Å². The number of piperidine rings is 1. The van der Waals surface area contributed by atoms with Crippen LogP contribution in [-0.2, 0) is 6.54 Å².